The van der Waals surface area contributed by atoms with Gasteiger partial charge in [0.25, 0.3) is 0 Å². The van der Waals surface area contributed by atoms with Crippen LogP contribution in [0.5, 0.6) is 0 Å². The van der Waals surface area contributed by atoms with Gasteiger partial charge in [0.05, 0.1) is 6.04 Å². The van der Waals surface area contributed by atoms with Crippen molar-refractivity contribution in [3.8, 4) is 0 Å². The molecule has 1 fully saturated rings. The van der Waals surface area contributed by atoms with Crippen LogP contribution in [0.15, 0.2) is 41.8 Å². The number of carbonyl (C=O) groups is 1. The number of hydrogen-bond donors (Lipinski definition) is 1. The van der Waals surface area contributed by atoms with Crippen molar-refractivity contribution in [3.05, 3.63) is 57.8 Å². The van der Waals surface area contributed by atoms with E-state index in [1.54, 1.807) is 11.3 Å². The summed E-state index contributed by atoms with van der Waals surface area (Å²) in [5.74, 6) is 2.06. The zero-order valence-electron chi connectivity index (χ0n) is 12.6. The number of aryl methyl sites for hydroxylation is 1. The van der Waals surface area contributed by atoms with E-state index in [-0.39, 0.29) is 12.1 Å². The highest BCUT2D eigenvalue weighted by atomic mass is 32.2. The van der Waals surface area contributed by atoms with E-state index in [1.807, 2.05) is 22.7 Å². The van der Waals surface area contributed by atoms with Gasteiger partial charge in [-0.15, -0.1) is 11.3 Å². The maximum atomic E-state index is 12.6. The van der Waals surface area contributed by atoms with Gasteiger partial charge in [0.15, 0.2) is 0 Å². The highest BCUT2D eigenvalue weighted by molar-refractivity contribution is 7.99. The van der Waals surface area contributed by atoms with Gasteiger partial charge in [0.1, 0.15) is 0 Å². The lowest BCUT2D eigenvalue weighted by Gasteiger charge is -2.29. The Morgan fingerprint density at radius 2 is 2.05 bits per heavy atom. The third kappa shape index (κ3) is 3.65. The first-order valence-corrected chi connectivity index (χ1v) is 9.50. The van der Waals surface area contributed by atoms with Gasteiger partial charge < -0.3 is 10.2 Å². The molecule has 0 saturated carbocycles. The van der Waals surface area contributed by atoms with E-state index in [2.05, 4.69) is 48.0 Å². The summed E-state index contributed by atoms with van der Waals surface area (Å²) in [4.78, 5) is 15.7. The van der Waals surface area contributed by atoms with Gasteiger partial charge >= 0.3 is 6.03 Å². The Morgan fingerprint density at radius 3 is 2.73 bits per heavy atom. The Hall–Kier alpha value is -1.46. The molecule has 1 aliphatic rings. The lowest BCUT2D eigenvalue weighted by Crippen LogP contribution is -2.45. The monoisotopic (exact) mass is 332 g/mol. The number of nitrogens with zero attached hydrogens (tertiary/aromatic N) is 1. The van der Waals surface area contributed by atoms with Crippen molar-refractivity contribution in [2.24, 2.45) is 0 Å². The van der Waals surface area contributed by atoms with E-state index in [0.717, 1.165) is 30.2 Å². The largest absolute Gasteiger partial charge is 0.326 e. The van der Waals surface area contributed by atoms with Crippen LogP contribution in [0.3, 0.4) is 0 Å². The molecule has 3 nitrogen and oxygen atoms in total. The van der Waals surface area contributed by atoms with Crippen molar-refractivity contribution in [2.75, 3.05) is 24.6 Å². The Morgan fingerprint density at radius 1 is 1.23 bits per heavy atom. The van der Waals surface area contributed by atoms with E-state index >= 15 is 0 Å². The van der Waals surface area contributed by atoms with Gasteiger partial charge in [-0.1, -0.05) is 35.9 Å². The van der Waals surface area contributed by atoms with Crippen LogP contribution in [0.4, 0.5) is 4.79 Å². The number of rotatable bonds is 3. The van der Waals surface area contributed by atoms with Crippen LogP contribution >= 0.6 is 23.1 Å². The summed E-state index contributed by atoms with van der Waals surface area (Å²) in [5.41, 5.74) is 2.35. The van der Waals surface area contributed by atoms with Crippen LogP contribution in [0.1, 0.15) is 22.0 Å². The Labute approximate surface area is 139 Å². The molecule has 1 atom stereocenters. The normalized spacial score (nSPS) is 16.3. The molecule has 1 aliphatic heterocycles. The molecule has 1 aromatic heterocycles. The number of thiophene rings is 1. The molecular weight excluding hydrogens is 312 g/mol. The molecule has 0 radical (unpaired) electrons. The molecule has 116 valence electrons. The first kappa shape index (κ1) is 15.4. The minimum Gasteiger partial charge on any atom is -0.326 e. The number of amides is 2. The first-order chi connectivity index (χ1) is 10.7. The Kier molecular flexibility index (Phi) is 5.05. The highest BCUT2D eigenvalue weighted by Crippen LogP contribution is 2.27. The molecule has 0 unspecified atom stereocenters. The third-order valence-electron chi connectivity index (χ3n) is 3.77. The molecule has 0 bridgehead atoms. The fourth-order valence-corrected chi connectivity index (χ4v) is 4.31. The van der Waals surface area contributed by atoms with Gasteiger partial charge in [-0.05, 0) is 23.9 Å². The summed E-state index contributed by atoms with van der Waals surface area (Å²) in [6.07, 6.45) is 0. The second-order valence-corrected chi connectivity index (χ2v) is 7.62. The molecule has 5 heteroatoms. The summed E-state index contributed by atoms with van der Waals surface area (Å²) < 4.78 is 0. The SMILES string of the molecule is Cc1cccc([C@@H](NC(=O)N2CCSCC2)c2cccs2)c1. The molecule has 1 saturated heterocycles. The first-order valence-electron chi connectivity index (χ1n) is 7.47. The van der Waals surface area contributed by atoms with Crippen molar-refractivity contribution in [2.45, 2.75) is 13.0 Å². The van der Waals surface area contributed by atoms with Crippen molar-refractivity contribution in [3.63, 3.8) is 0 Å². The van der Waals surface area contributed by atoms with Crippen LogP contribution in [0.25, 0.3) is 0 Å². The predicted octanol–water partition coefficient (Wildman–Crippen LogP) is 3.90. The Bertz CT molecular complexity index is 621. The van der Waals surface area contributed by atoms with E-state index in [4.69, 9.17) is 0 Å². The molecule has 22 heavy (non-hydrogen) atoms. The molecule has 0 spiro atoms. The van der Waals surface area contributed by atoms with Crippen molar-refractivity contribution in [1.82, 2.24) is 10.2 Å². The fourth-order valence-electron chi connectivity index (χ4n) is 2.61. The maximum Gasteiger partial charge on any atom is 0.318 e. The number of hydrogen-bond acceptors (Lipinski definition) is 3. The van der Waals surface area contributed by atoms with E-state index < -0.39 is 0 Å². The minimum atomic E-state index is -0.0676. The van der Waals surface area contributed by atoms with Crippen LogP contribution in [-0.4, -0.2) is 35.5 Å². The van der Waals surface area contributed by atoms with Gasteiger partial charge in [0.2, 0.25) is 0 Å². The zero-order chi connectivity index (χ0) is 15.4. The van der Waals surface area contributed by atoms with Crippen LogP contribution < -0.4 is 5.32 Å². The standard InChI is InChI=1S/C17H20N2OS2/c1-13-4-2-5-14(12-13)16(15-6-3-9-22-15)18-17(20)19-7-10-21-11-8-19/h2-6,9,12,16H,7-8,10-11H2,1H3,(H,18,20)/t16-/m1/s1. The van der Waals surface area contributed by atoms with E-state index in [0.29, 0.717) is 0 Å². The van der Waals surface area contributed by atoms with Crippen LogP contribution in [0.2, 0.25) is 0 Å². The summed E-state index contributed by atoms with van der Waals surface area (Å²) in [6.45, 7) is 3.75. The summed E-state index contributed by atoms with van der Waals surface area (Å²) in [5, 5.41) is 5.28. The summed E-state index contributed by atoms with van der Waals surface area (Å²) >= 11 is 3.59. The van der Waals surface area contributed by atoms with Gasteiger partial charge in [-0.3, -0.25) is 0 Å². The van der Waals surface area contributed by atoms with Crippen molar-refractivity contribution in [1.29, 1.82) is 0 Å². The molecular formula is C17H20N2OS2. The molecule has 1 N–H and O–H groups in total. The maximum absolute atomic E-state index is 12.6. The van der Waals surface area contributed by atoms with E-state index in [9.17, 15) is 4.79 Å². The Balaban J connectivity index is 1.81. The smallest absolute Gasteiger partial charge is 0.318 e. The topological polar surface area (TPSA) is 32.3 Å². The van der Waals surface area contributed by atoms with Gasteiger partial charge in [-0.2, -0.15) is 11.8 Å². The quantitative estimate of drug-likeness (QED) is 0.924. The average molecular weight is 332 g/mol. The number of nitrogens with one attached hydrogen (secondary N) is 1. The number of benzene rings is 1. The predicted molar refractivity (Wildman–Crippen MR) is 94.8 cm³/mol. The lowest BCUT2D eigenvalue weighted by molar-refractivity contribution is 0.200. The lowest BCUT2D eigenvalue weighted by atomic mass is 10.0. The van der Waals surface area contributed by atoms with Crippen LogP contribution in [0, 0.1) is 6.92 Å². The fraction of sp³-hybridized carbons (Fsp3) is 0.353. The molecule has 3 rings (SSSR count). The molecule has 1 aromatic carbocycles. The second kappa shape index (κ2) is 7.20. The van der Waals surface area contributed by atoms with Gasteiger partial charge in [-0.25, -0.2) is 4.79 Å². The molecule has 2 amide bonds. The third-order valence-corrected chi connectivity index (χ3v) is 5.65. The molecule has 2 heterocycles. The average Bonchev–Trinajstić information content (AvgIpc) is 3.07. The van der Waals surface area contributed by atoms with Gasteiger partial charge in [0, 0.05) is 29.5 Å². The summed E-state index contributed by atoms with van der Waals surface area (Å²) in [6, 6.07) is 12.5. The molecule has 2 aromatic rings. The summed E-state index contributed by atoms with van der Waals surface area (Å²) in [7, 11) is 0. The number of urea groups is 1. The van der Waals surface area contributed by atoms with E-state index in [1.165, 1.54) is 10.4 Å². The number of thioether (sulfide) groups is 1. The minimum absolute atomic E-state index is 0.0419. The zero-order valence-corrected chi connectivity index (χ0v) is 14.3. The molecule has 0 aliphatic carbocycles. The highest BCUT2D eigenvalue weighted by Gasteiger charge is 2.22. The van der Waals surface area contributed by atoms with Crippen molar-refractivity contribution < 1.29 is 4.79 Å². The number of carbonyl (C=O) groups excluding carboxylic acids is 1. The second-order valence-electron chi connectivity index (χ2n) is 5.41. The van der Waals surface area contributed by atoms with Crippen molar-refractivity contribution >= 4 is 29.1 Å². The van der Waals surface area contributed by atoms with Crippen LogP contribution in [-0.2, 0) is 0 Å².